The summed E-state index contributed by atoms with van der Waals surface area (Å²) in [6, 6.07) is 11.6. The number of nitrogens with zero attached hydrogens (tertiary/aromatic N) is 2. The average Bonchev–Trinajstić information content (AvgIpc) is 3.24. The lowest BCUT2D eigenvalue weighted by molar-refractivity contribution is 0.658. The molecule has 2 fully saturated rings. The standard InChI is InChI=1S/C18H23N3/c1-13-8-9-21(12-13)18-10-14(11-19-15-6-7-15)16-4-2-3-5-17(16)20-18/h2-5,10,13,15,19H,6-9,11-12H2,1H3. The van der Waals surface area contributed by atoms with Gasteiger partial charge in [0.1, 0.15) is 5.82 Å². The third-order valence-electron chi connectivity index (χ3n) is 4.69. The maximum absolute atomic E-state index is 4.89. The molecule has 1 unspecified atom stereocenters. The first-order chi connectivity index (χ1) is 10.3. The Balaban J connectivity index is 1.69. The van der Waals surface area contributed by atoms with Gasteiger partial charge in [-0.05, 0) is 42.9 Å². The molecule has 1 N–H and O–H groups in total. The molecule has 4 rings (SSSR count). The van der Waals surface area contributed by atoms with Crippen LogP contribution in [0.25, 0.3) is 10.9 Å². The monoisotopic (exact) mass is 281 g/mol. The third kappa shape index (κ3) is 2.75. The largest absolute Gasteiger partial charge is 0.356 e. The Kier molecular flexibility index (Phi) is 3.30. The summed E-state index contributed by atoms with van der Waals surface area (Å²) in [5, 5.41) is 4.94. The summed E-state index contributed by atoms with van der Waals surface area (Å²) < 4.78 is 0. The molecule has 1 aromatic carbocycles. The molecule has 2 heterocycles. The minimum Gasteiger partial charge on any atom is -0.356 e. The Bertz CT molecular complexity index is 648. The van der Waals surface area contributed by atoms with E-state index >= 15 is 0 Å². The minimum atomic E-state index is 0.743. The summed E-state index contributed by atoms with van der Waals surface area (Å²) in [6.07, 6.45) is 3.95. The molecule has 3 nitrogen and oxygen atoms in total. The van der Waals surface area contributed by atoms with Crippen molar-refractivity contribution in [3.05, 3.63) is 35.9 Å². The van der Waals surface area contributed by atoms with Crippen LogP contribution in [0.3, 0.4) is 0 Å². The normalized spacial score (nSPS) is 22.1. The lowest BCUT2D eigenvalue weighted by atomic mass is 10.1. The van der Waals surface area contributed by atoms with Gasteiger partial charge in [0.25, 0.3) is 0 Å². The second kappa shape index (κ2) is 5.30. The van der Waals surface area contributed by atoms with Crippen LogP contribution >= 0.6 is 0 Å². The lowest BCUT2D eigenvalue weighted by Crippen LogP contribution is -2.21. The summed E-state index contributed by atoms with van der Waals surface area (Å²) in [5.41, 5.74) is 2.52. The fourth-order valence-corrected chi connectivity index (χ4v) is 3.23. The fraction of sp³-hybridized carbons (Fsp3) is 0.500. The Morgan fingerprint density at radius 3 is 2.86 bits per heavy atom. The van der Waals surface area contributed by atoms with Crippen molar-refractivity contribution in [1.82, 2.24) is 10.3 Å². The lowest BCUT2D eigenvalue weighted by Gasteiger charge is -2.19. The van der Waals surface area contributed by atoms with Crippen molar-refractivity contribution >= 4 is 16.7 Å². The van der Waals surface area contributed by atoms with E-state index in [2.05, 4.69) is 47.5 Å². The number of para-hydroxylation sites is 1. The summed E-state index contributed by atoms with van der Waals surface area (Å²) >= 11 is 0. The van der Waals surface area contributed by atoms with E-state index in [1.165, 1.54) is 30.2 Å². The van der Waals surface area contributed by atoms with Crippen molar-refractivity contribution in [2.24, 2.45) is 5.92 Å². The molecule has 1 saturated heterocycles. The Morgan fingerprint density at radius 2 is 2.10 bits per heavy atom. The highest BCUT2D eigenvalue weighted by atomic mass is 15.2. The van der Waals surface area contributed by atoms with Crippen molar-refractivity contribution in [1.29, 1.82) is 0 Å². The van der Waals surface area contributed by atoms with Crippen LogP contribution in [0.15, 0.2) is 30.3 Å². The van der Waals surface area contributed by atoms with Gasteiger partial charge >= 0.3 is 0 Å². The van der Waals surface area contributed by atoms with E-state index in [4.69, 9.17) is 4.98 Å². The Labute approximate surface area is 126 Å². The zero-order chi connectivity index (χ0) is 14.2. The van der Waals surface area contributed by atoms with Gasteiger partial charge in [-0.2, -0.15) is 0 Å². The third-order valence-corrected chi connectivity index (χ3v) is 4.69. The summed E-state index contributed by atoms with van der Waals surface area (Å²) in [4.78, 5) is 7.34. The van der Waals surface area contributed by atoms with Crippen LogP contribution in [-0.4, -0.2) is 24.1 Å². The Hall–Kier alpha value is -1.61. The van der Waals surface area contributed by atoms with Crippen LogP contribution in [0.4, 0.5) is 5.82 Å². The number of fused-ring (bicyclic) bond motifs is 1. The van der Waals surface area contributed by atoms with Crippen molar-refractivity contribution < 1.29 is 0 Å². The molecule has 0 bridgehead atoms. The summed E-state index contributed by atoms with van der Waals surface area (Å²) in [7, 11) is 0. The van der Waals surface area contributed by atoms with Gasteiger partial charge in [0.05, 0.1) is 5.52 Å². The predicted molar refractivity (Wildman–Crippen MR) is 87.6 cm³/mol. The van der Waals surface area contributed by atoms with Gasteiger partial charge in [-0.1, -0.05) is 25.1 Å². The number of benzene rings is 1. The SMILES string of the molecule is CC1CCN(c2cc(CNC3CC3)c3ccccc3n2)C1. The molecule has 1 aliphatic heterocycles. The number of anilines is 1. The molecule has 1 saturated carbocycles. The quantitative estimate of drug-likeness (QED) is 0.931. The first-order valence-electron chi connectivity index (χ1n) is 8.16. The smallest absolute Gasteiger partial charge is 0.129 e. The molecule has 2 aliphatic rings. The molecule has 0 radical (unpaired) electrons. The second-order valence-electron chi connectivity index (χ2n) is 6.65. The zero-order valence-electron chi connectivity index (χ0n) is 12.7. The van der Waals surface area contributed by atoms with Crippen molar-refractivity contribution in [3.63, 3.8) is 0 Å². The molecule has 0 amide bonds. The molecule has 2 aromatic rings. The van der Waals surface area contributed by atoms with Gasteiger partial charge < -0.3 is 10.2 Å². The van der Waals surface area contributed by atoms with Crippen LogP contribution in [0.1, 0.15) is 31.7 Å². The van der Waals surface area contributed by atoms with Crippen LogP contribution < -0.4 is 10.2 Å². The molecule has 110 valence electrons. The number of hydrogen-bond donors (Lipinski definition) is 1. The molecular weight excluding hydrogens is 258 g/mol. The molecule has 3 heteroatoms. The summed E-state index contributed by atoms with van der Waals surface area (Å²) in [6.45, 7) is 5.57. The second-order valence-corrected chi connectivity index (χ2v) is 6.65. The number of hydrogen-bond acceptors (Lipinski definition) is 3. The molecule has 21 heavy (non-hydrogen) atoms. The van der Waals surface area contributed by atoms with Crippen LogP contribution in [-0.2, 0) is 6.54 Å². The van der Waals surface area contributed by atoms with Crippen molar-refractivity contribution in [3.8, 4) is 0 Å². The summed E-state index contributed by atoms with van der Waals surface area (Å²) in [5.74, 6) is 1.94. The molecule has 0 spiro atoms. The van der Waals surface area contributed by atoms with Crippen molar-refractivity contribution in [2.75, 3.05) is 18.0 Å². The minimum absolute atomic E-state index is 0.743. The molecule has 1 aromatic heterocycles. The van der Waals surface area contributed by atoms with E-state index < -0.39 is 0 Å². The van der Waals surface area contributed by atoms with Crippen LogP contribution in [0, 0.1) is 5.92 Å². The molecule has 1 aliphatic carbocycles. The maximum Gasteiger partial charge on any atom is 0.129 e. The van der Waals surface area contributed by atoms with E-state index in [0.29, 0.717) is 0 Å². The number of nitrogens with one attached hydrogen (secondary N) is 1. The predicted octanol–water partition coefficient (Wildman–Crippen LogP) is 3.33. The topological polar surface area (TPSA) is 28.2 Å². The van der Waals surface area contributed by atoms with E-state index in [1.807, 2.05) is 0 Å². The number of aromatic nitrogens is 1. The first-order valence-corrected chi connectivity index (χ1v) is 8.16. The zero-order valence-corrected chi connectivity index (χ0v) is 12.7. The van der Waals surface area contributed by atoms with E-state index in [0.717, 1.165) is 42.9 Å². The highest BCUT2D eigenvalue weighted by Crippen LogP contribution is 2.28. The van der Waals surface area contributed by atoms with E-state index in [9.17, 15) is 0 Å². The van der Waals surface area contributed by atoms with Crippen LogP contribution in [0.2, 0.25) is 0 Å². The average molecular weight is 281 g/mol. The first kappa shape index (κ1) is 13.1. The Morgan fingerprint density at radius 1 is 1.24 bits per heavy atom. The van der Waals surface area contributed by atoms with Gasteiger partial charge in [-0.25, -0.2) is 4.98 Å². The highest BCUT2D eigenvalue weighted by Gasteiger charge is 2.22. The fourth-order valence-electron chi connectivity index (χ4n) is 3.23. The van der Waals surface area contributed by atoms with Gasteiger partial charge in [-0.15, -0.1) is 0 Å². The number of pyridine rings is 1. The maximum atomic E-state index is 4.89. The van der Waals surface area contributed by atoms with Gasteiger partial charge in [0, 0.05) is 31.1 Å². The highest BCUT2D eigenvalue weighted by molar-refractivity contribution is 5.84. The number of rotatable bonds is 4. The van der Waals surface area contributed by atoms with E-state index in [1.54, 1.807) is 0 Å². The van der Waals surface area contributed by atoms with Gasteiger partial charge in [-0.3, -0.25) is 0 Å². The van der Waals surface area contributed by atoms with E-state index in [-0.39, 0.29) is 0 Å². The van der Waals surface area contributed by atoms with Gasteiger partial charge in [0.15, 0.2) is 0 Å². The van der Waals surface area contributed by atoms with Crippen molar-refractivity contribution in [2.45, 2.75) is 38.8 Å². The molecule has 1 atom stereocenters. The van der Waals surface area contributed by atoms with Crippen LogP contribution in [0.5, 0.6) is 0 Å². The van der Waals surface area contributed by atoms with Gasteiger partial charge in [0.2, 0.25) is 0 Å². The molecular formula is C18H23N3.